The number of hydrogen-bond donors (Lipinski definition) is 1. The molecule has 0 fully saturated rings. The molecule has 1 heterocycles. The lowest BCUT2D eigenvalue weighted by atomic mass is 9.98. The topological polar surface area (TPSA) is 61.6 Å². The maximum Gasteiger partial charge on any atom is 0.145 e. The van der Waals surface area contributed by atoms with Gasteiger partial charge >= 0.3 is 0 Å². The summed E-state index contributed by atoms with van der Waals surface area (Å²) in [4.78, 5) is 7.93. The molecule has 1 unspecified atom stereocenters. The SMILES string of the molecule is CCC(C)c1ccc(CNc2cc(C#N)ncn2)cc1. The Kier molecular flexibility index (Phi) is 4.67. The molecule has 1 N–H and O–H groups in total. The zero-order valence-corrected chi connectivity index (χ0v) is 11.8. The molecule has 2 rings (SSSR count). The van der Waals surface area contributed by atoms with Gasteiger partial charge in [0.2, 0.25) is 0 Å². The Balaban J connectivity index is 1.98. The van der Waals surface area contributed by atoms with Crippen molar-refractivity contribution in [1.29, 1.82) is 5.26 Å². The highest BCUT2D eigenvalue weighted by Gasteiger charge is 2.03. The second kappa shape index (κ2) is 6.67. The highest BCUT2D eigenvalue weighted by Crippen LogP contribution is 2.19. The lowest BCUT2D eigenvalue weighted by molar-refractivity contribution is 0.733. The molecular weight excluding hydrogens is 248 g/mol. The zero-order chi connectivity index (χ0) is 14.4. The Morgan fingerprint density at radius 3 is 2.65 bits per heavy atom. The molecule has 1 aromatic carbocycles. The summed E-state index contributed by atoms with van der Waals surface area (Å²) in [6, 6.07) is 12.2. The Morgan fingerprint density at radius 1 is 1.25 bits per heavy atom. The first-order valence-electron chi connectivity index (χ1n) is 6.77. The molecule has 4 heteroatoms. The Hall–Kier alpha value is -2.41. The van der Waals surface area contributed by atoms with Gasteiger partial charge in [0.1, 0.15) is 23.9 Å². The summed E-state index contributed by atoms with van der Waals surface area (Å²) in [5.41, 5.74) is 2.92. The van der Waals surface area contributed by atoms with Crippen LogP contribution in [0.25, 0.3) is 0 Å². The lowest BCUT2D eigenvalue weighted by Gasteiger charge is -2.10. The van der Waals surface area contributed by atoms with E-state index in [4.69, 9.17) is 5.26 Å². The Labute approximate surface area is 119 Å². The maximum absolute atomic E-state index is 8.79. The van der Waals surface area contributed by atoms with E-state index < -0.39 is 0 Å². The van der Waals surface area contributed by atoms with E-state index in [-0.39, 0.29) is 0 Å². The molecule has 0 aliphatic carbocycles. The zero-order valence-electron chi connectivity index (χ0n) is 11.8. The highest BCUT2D eigenvalue weighted by molar-refractivity contribution is 5.39. The monoisotopic (exact) mass is 266 g/mol. The molecule has 0 bridgehead atoms. The number of nitrogens with zero attached hydrogens (tertiary/aromatic N) is 3. The van der Waals surface area contributed by atoms with Gasteiger partial charge in [-0.1, -0.05) is 38.1 Å². The lowest BCUT2D eigenvalue weighted by Crippen LogP contribution is -2.02. The second-order valence-electron chi connectivity index (χ2n) is 4.80. The van der Waals surface area contributed by atoms with E-state index in [9.17, 15) is 0 Å². The quantitative estimate of drug-likeness (QED) is 0.900. The minimum Gasteiger partial charge on any atom is -0.366 e. The van der Waals surface area contributed by atoms with Crippen molar-refractivity contribution in [2.45, 2.75) is 32.7 Å². The first-order valence-corrected chi connectivity index (χ1v) is 6.77. The molecule has 0 radical (unpaired) electrons. The van der Waals surface area contributed by atoms with E-state index in [0.717, 1.165) is 6.42 Å². The van der Waals surface area contributed by atoms with Gasteiger partial charge in [0.25, 0.3) is 0 Å². The number of nitrogens with one attached hydrogen (secondary N) is 1. The van der Waals surface area contributed by atoms with E-state index >= 15 is 0 Å². The minimum absolute atomic E-state index is 0.370. The van der Waals surface area contributed by atoms with Crippen molar-refractivity contribution >= 4 is 5.82 Å². The van der Waals surface area contributed by atoms with E-state index in [0.29, 0.717) is 24.0 Å². The fourth-order valence-electron chi connectivity index (χ4n) is 1.91. The summed E-state index contributed by atoms with van der Waals surface area (Å²) >= 11 is 0. The predicted octanol–water partition coefficient (Wildman–Crippen LogP) is 3.47. The molecule has 0 saturated heterocycles. The van der Waals surface area contributed by atoms with Crippen LogP contribution in [0.4, 0.5) is 5.82 Å². The number of rotatable bonds is 5. The van der Waals surface area contributed by atoms with Crippen LogP contribution in [0.3, 0.4) is 0 Å². The molecule has 0 amide bonds. The Bertz CT molecular complexity index is 599. The van der Waals surface area contributed by atoms with Gasteiger partial charge < -0.3 is 5.32 Å². The van der Waals surface area contributed by atoms with Crippen molar-refractivity contribution in [3.8, 4) is 6.07 Å². The maximum atomic E-state index is 8.79. The molecule has 0 aliphatic heterocycles. The third kappa shape index (κ3) is 3.55. The molecule has 1 atom stereocenters. The van der Waals surface area contributed by atoms with Crippen LogP contribution in [0, 0.1) is 11.3 Å². The Morgan fingerprint density at radius 2 is 2.00 bits per heavy atom. The number of anilines is 1. The van der Waals surface area contributed by atoms with Crippen LogP contribution < -0.4 is 5.32 Å². The second-order valence-corrected chi connectivity index (χ2v) is 4.80. The fraction of sp³-hybridized carbons (Fsp3) is 0.312. The van der Waals surface area contributed by atoms with Gasteiger partial charge in [-0.05, 0) is 23.5 Å². The summed E-state index contributed by atoms with van der Waals surface area (Å²) in [6.45, 7) is 5.11. The van der Waals surface area contributed by atoms with Gasteiger partial charge in [0.05, 0.1) is 0 Å². The molecule has 0 aliphatic rings. The van der Waals surface area contributed by atoms with Gasteiger partial charge in [-0.15, -0.1) is 0 Å². The van der Waals surface area contributed by atoms with Crippen LogP contribution in [0.15, 0.2) is 36.7 Å². The third-order valence-corrected chi connectivity index (χ3v) is 3.42. The van der Waals surface area contributed by atoms with Gasteiger partial charge in [0, 0.05) is 12.6 Å². The largest absolute Gasteiger partial charge is 0.366 e. The summed E-state index contributed by atoms with van der Waals surface area (Å²) in [7, 11) is 0. The van der Waals surface area contributed by atoms with Crippen molar-refractivity contribution in [3.63, 3.8) is 0 Å². The van der Waals surface area contributed by atoms with Crippen molar-refractivity contribution in [3.05, 3.63) is 53.5 Å². The summed E-state index contributed by atoms with van der Waals surface area (Å²) < 4.78 is 0. The van der Waals surface area contributed by atoms with Crippen LogP contribution in [-0.4, -0.2) is 9.97 Å². The number of nitriles is 1. The number of hydrogen-bond acceptors (Lipinski definition) is 4. The fourth-order valence-corrected chi connectivity index (χ4v) is 1.91. The van der Waals surface area contributed by atoms with E-state index in [1.54, 1.807) is 6.07 Å². The molecule has 0 spiro atoms. The molecule has 4 nitrogen and oxygen atoms in total. The van der Waals surface area contributed by atoms with E-state index in [2.05, 4.69) is 53.4 Å². The van der Waals surface area contributed by atoms with Crippen molar-refractivity contribution in [2.75, 3.05) is 5.32 Å². The van der Waals surface area contributed by atoms with Gasteiger partial charge in [-0.3, -0.25) is 0 Å². The van der Waals surface area contributed by atoms with Crippen molar-refractivity contribution in [1.82, 2.24) is 9.97 Å². The normalized spacial score (nSPS) is 11.7. The molecule has 1 aromatic heterocycles. The molecular formula is C16H18N4. The van der Waals surface area contributed by atoms with Gasteiger partial charge in [-0.25, -0.2) is 9.97 Å². The minimum atomic E-state index is 0.370. The summed E-state index contributed by atoms with van der Waals surface area (Å²) in [5.74, 6) is 1.26. The number of benzene rings is 1. The van der Waals surface area contributed by atoms with Crippen LogP contribution in [0.1, 0.15) is 43.0 Å². The third-order valence-electron chi connectivity index (χ3n) is 3.42. The molecule has 102 valence electrons. The number of aromatic nitrogens is 2. The van der Waals surface area contributed by atoms with Crippen LogP contribution in [-0.2, 0) is 6.54 Å². The van der Waals surface area contributed by atoms with Gasteiger partial charge in [-0.2, -0.15) is 5.26 Å². The van der Waals surface area contributed by atoms with E-state index in [1.165, 1.54) is 17.5 Å². The van der Waals surface area contributed by atoms with E-state index in [1.807, 2.05) is 6.07 Å². The first kappa shape index (κ1) is 14.0. The smallest absolute Gasteiger partial charge is 0.145 e. The van der Waals surface area contributed by atoms with Crippen LogP contribution >= 0.6 is 0 Å². The highest BCUT2D eigenvalue weighted by atomic mass is 15.0. The average molecular weight is 266 g/mol. The average Bonchev–Trinajstić information content (AvgIpc) is 2.53. The molecule has 0 saturated carbocycles. The first-order chi connectivity index (χ1) is 9.72. The summed E-state index contributed by atoms with van der Waals surface area (Å²) in [6.07, 6.45) is 2.54. The van der Waals surface area contributed by atoms with Crippen LogP contribution in [0.5, 0.6) is 0 Å². The molecule has 2 aromatic rings. The molecule has 20 heavy (non-hydrogen) atoms. The predicted molar refractivity (Wildman–Crippen MR) is 79.2 cm³/mol. The summed E-state index contributed by atoms with van der Waals surface area (Å²) in [5, 5.41) is 12.0. The van der Waals surface area contributed by atoms with Gasteiger partial charge in [0.15, 0.2) is 0 Å². The van der Waals surface area contributed by atoms with Crippen molar-refractivity contribution < 1.29 is 0 Å². The standard InChI is InChI=1S/C16H18N4/c1-3-12(2)14-6-4-13(5-7-14)10-18-16-8-15(9-17)19-11-20-16/h4-8,11-12H,3,10H2,1-2H3,(H,18,19,20). The van der Waals surface area contributed by atoms with Crippen molar-refractivity contribution in [2.24, 2.45) is 0 Å². The van der Waals surface area contributed by atoms with Crippen LogP contribution in [0.2, 0.25) is 0 Å².